The first-order valence-electron chi connectivity index (χ1n) is 6.53. The van der Waals surface area contributed by atoms with E-state index in [-0.39, 0.29) is 17.0 Å². The molecular formula is C15H21BrFNO. The van der Waals surface area contributed by atoms with Gasteiger partial charge in [-0.05, 0) is 51.5 Å². The lowest BCUT2D eigenvalue weighted by molar-refractivity contribution is -0.182. The first kappa shape index (κ1) is 14.9. The van der Waals surface area contributed by atoms with Crippen molar-refractivity contribution >= 4 is 15.9 Å². The summed E-state index contributed by atoms with van der Waals surface area (Å²) in [5, 5.41) is 0. The molecule has 0 N–H and O–H groups in total. The van der Waals surface area contributed by atoms with Crippen LogP contribution in [0.2, 0.25) is 0 Å². The van der Waals surface area contributed by atoms with Crippen molar-refractivity contribution in [2.24, 2.45) is 0 Å². The fourth-order valence-corrected chi connectivity index (χ4v) is 3.53. The Labute approximate surface area is 123 Å². The Morgan fingerprint density at radius 2 is 1.74 bits per heavy atom. The van der Waals surface area contributed by atoms with Crippen LogP contribution in [0.1, 0.15) is 33.3 Å². The van der Waals surface area contributed by atoms with E-state index in [9.17, 15) is 4.39 Å². The summed E-state index contributed by atoms with van der Waals surface area (Å²) in [4.78, 5) is 2.32. The maximum absolute atomic E-state index is 13.4. The standard InChI is InChI=1S/C15H21BrFNO/c1-14(2)9-18(10-15(3,4)19-14)8-11-5-12(16)7-13(17)6-11/h5-7H,8-10H2,1-4H3. The molecule has 1 heterocycles. The summed E-state index contributed by atoms with van der Waals surface area (Å²) in [5.74, 6) is -0.198. The number of hydrogen-bond donors (Lipinski definition) is 0. The van der Waals surface area contributed by atoms with Crippen molar-refractivity contribution in [3.63, 3.8) is 0 Å². The molecule has 1 aromatic rings. The molecule has 1 aliphatic heterocycles. The van der Waals surface area contributed by atoms with E-state index in [2.05, 4.69) is 48.5 Å². The molecule has 0 spiro atoms. The zero-order valence-electron chi connectivity index (χ0n) is 12.0. The number of rotatable bonds is 2. The van der Waals surface area contributed by atoms with Gasteiger partial charge in [-0.2, -0.15) is 0 Å². The van der Waals surface area contributed by atoms with Gasteiger partial charge in [0.15, 0.2) is 0 Å². The molecule has 0 amide bonds. The van der Waals surface area contributed by atoms with E-state index in [0.717, 1.165) is 29.7 Å². The van der Waals surface area contributed by atoms with E-state index in [1.54, 1.807) is 6.07 Å². The molecule has 0 radical (unpaired) electrons. The molecule has 0 aliphatic carbocycles. The molecule has 1 fully saturated rings. The fourth-order valence-electron chi connectivity index (χ4n) is 3.02. The Hall–Kier alpha value is -0.450. The van der Waals surface area contributed by atoms with Crippen molar-refractivity contribution in [3.8, 4) is 0 Å². The Morgan fingerprint density at radius 1 is 1.16 bits per heavy atom. The lowest BCUT2D eigenvalue weighted by Crippen LogP contribution is -2.56. The third-order valence-electron chi connectivity index (χ3n) is 3.09. The van der Waals surface area contributed by atoms with Gasteiger partial charge >= 0.3 is 0 Å². The van der Waals surface area contributed by atoms with Crippen molar-refractivity contribution in [1.82, 2.24) is 4.90 Å². The van der Waals surface area contributed by atoms with Gasteiger partial charge in [-0.1, -0.05) is 15.9 Å². The molecule has 1 aliphatic rings. The quantitative estimate of drug-likeness (QED) is 0.813. The molecule has 0 bridgehead atoms. The molecule has 106 valence electrons. The highest BCUT2D eigenvalue weighted by atomic mass is 79.9. The Balaban J connectivity index is 2.14. The third kappa shape index (κ3) is 4.26. The lowest BCUT2D eigenvalue weighted by atomic mass is 9.98. The normalized spacial score (nSPS) is 22.4. The van der Waals surface area contributed by atoms with Crippen LogP contribution in [0.4, 0.5) is 4.39 Å². The number of ether oxygens (including phenoxy) is 1. The number of hydrogen-bond acceptors (Lipinski definition) is 2. The molecular weight excluding hydrogens is 309 g/mol. The average Bonchev–Trinajstić information content (AvgIpc) is 2.08. The minimum atomic E-state index is -0.198. The number of nitrogens with zero attached hydrogens (tertiary/aromatic N) is 1. The molecule has 0 unspecified atom stereocenters. The second kappa shape index (κ2) is 5.15. The first-order chi connectivity index (χ1) is 8.65. The minimum Gasteiger partial charge on any atom is -0.367 e. The van der Waals surface area contributed by atoms with E-state index in [1.165, 1.54) is 6.07 Å². The van der Waals surface area contributed by atoms with Gasteiger partial charge in [0.25, 0.3) is 0 Å². The summed E-state index contributed by atoms with van der Waals surface area (Å²) in [7, 11) is 0. The Bertz CT molecular complexity index is 437. The van der Waals surface area contributed by atoms with E-state index < -0.39 is 0 Å². The predicted octanol–water partition coefficient (Wildman–Crippen LogP) is 3.98. The maximum atomic E-state index is 13.4. The molecule has 0 saturated carbocycles. The van der Waals surface area contributed by atoms with Crippen LogP contribution >= 0.6 is 15.9 Å². The summed E-state index contributed by atoms with van der Waals surface area (Å²) in [6.45, 7) is 10.8. The largest absolute Gasteiger partial charge is 0.367 e. The van der Waals surface area contributed by atoms with Gasteiger partial charge in [-0.3, -0.25) is 4.90 Å². The van der Waals surface area contributed by atoms with Crippen LogP contribution in [-0.4, -0.2) is 29.2 Å². The molecule has 1 aromatic carbocycles. The summed E-state index contributed by atoms with van der Waals surface area (Å²) in [6.07, 6.45) is 0. The zero-order chi connectivity index (χ0) is 14.3. The third-order valence-corrected chi connectivity index (χ3v) is 3.55. The highest BCUT2D eigenvalue weighted by Crippen LogP contribution is 2.29. The number of halogens is 2. The van der Waals surface area contributed by atoms with Gasteiger partial charge in [0, 0.05) is 24.1 Å². The van der Waals surface area contributed by atoms with Crippen molar-refractivity contribution in [2.45, 2.75) is 45.4 Å². The highest BCUT2D eigenvalue weighted by molar-refractivity contribution is 9.10. The summed E-state index contributed by atoms with van der Waals surface area (Å²) in [5.41, 5.74) is 0.638. The minimum absolute atomic E-state index is 0.174. The molecule has 0 atom stereocenters. The van der Waals surface area contributed by atoms with Crippen LogP contribution in [0, 0.1) is 5.82 Å². The van der Waals surface area contributed by atoms with Gasteiger partial charge in [0.05, 0.1) is 11.2 Å². The Morgan fingerprint density at radius 3 is 2.26 bits per heavy atom. The highest BCUT2D eigenvalue weighted by Gasteiger charge is 2.37. The summed E-state index contributed by atoms with van der Waals surface area (Å²) >= 11 is 3.34. The second-order valence-corrected chi connectivity index (χ2v) is 7.46. The van der Waals surface area contributed by atoms with Gasteiger partial charge in [-0.15, -0.1) is 0 Å². The smallest absolute Gasteiger partial charge is 0.124 e. The first-order valence-corrected chi connectivity index (χ1v) is 7.32. The Kier molecular flexibility index (Phi) is 4.05. The topological polar surface area (TPSA) is 12.5 Å². The molecule has 19 heavy (non-hydrogen) atoms. The molecule has 0 aromatic heterocycles. The van der Waals surface area contributed by atoms with Gasteiger partial charge < -0.3 is 4.74 Å². The van der Waals surface area contributed by atoms with Crippen LogP contribution in [0.15, 0.2) is 22.7 Å². The van der Waals surface area contributed by atoms with Crippen molar-refractivity contribution < 1.29 is 9.13 Å². The summed E-state index contributed by atoms with van der Waals surface area (Å²) in [6, 6.07) is 5.05. The molecule has 2 rings (SSSR count). The lowest BCUT2D eigenvalue weighted by Gasteiger charge is -2.47. The average molecular weight is 330 g/mol. The van der Waals surface area contributed by atoms with Crippen LogP contribution in [-0.2, 0) is 11.3 Å². The molecule has 4 heteroatoms. The van der Waals surface area contributed by atoms with Crippen molar-refractivity contribution in [2.75, 3.05) is 13.1 Å². The van der Waals surface area contributed by atoms with Crippen LogP contribution < -0.4 is 0 Å². The zero-order valence-corrected chi connectivity index (χ0v) is 13.6. The van der Waals surface area contributed by atoms with Crippen LogP contribution in [0.3, 0.4) is 0 Å². The number of benzene rings is 1. The van der Waals surface area contributed by atoms with Gasteiger partial charge in [-0.25, -0.2) is 4.39 Å². The van der Waals surface area contributed by atoms with Gasteiger partial charge in [0.1, 0.15) is 5.82 Å². The van der Waals surface area contributed by atoms with Crippen LogP contribution in [0.25, 0.3) is 0 Å². The van der Waals surface area contributed by atoms with Crippen molar-refractivity contribution in [1.29, 1.82) is 0 Å². The molecule has 2 nitrogen and oxygen atoms in total. The monoisotopic (exact) mass is 329 g/mol. The van der Waals surface area contributed by atoms with E-state index in [1.807, 2.05) is 6.07 Å². The second-order valence-electron chi connectivity index (χ2n) is 6.54. The predicted molar refractivity (Wildman–Crippen MR) is 78.6 cm³/mol. The van der Waals surface area contributed by atoms with E-state index in [0.29, 0.717) is 0 Å². The van der Waals surface area contributed by atoms with E-state index >= 15 is 0 Å². The van der Waals surface area contributed by atoms with E-state index in [4.69, 9.17) is 4.74 Å². The van der Waals surface area contributed by atoms with Gasteiger partial charge in [0.2, 0.25) is 0 Å². The maximum Gasteiger partial charge on any atom is 0.124 e. The number of morpholine rings is 1. The fraction of sp³-hybridized carbons (Fsp3) is 0.600. The van der Waals surface area contributed by atoms with Crippen LogP contribution in [0.5, 0.6) is 0 Å². The van der Waals surface area contributed by atoms with Crippen molar-refractivity contribution in [3.05, 3.63) is 34.1 Å². The SMILES string of the molecule is CC1(C)CN(Cc2cc(F)cc(Br)c2)CC(C)(C)O1. The summed E-state index contributed by atoms with van der Waals surface area (Å²) < 4.78 is 20.3. The molecule has 1 saturated heterocycles.